The molecule has 0 radical (unpaired) electrons. The Balaban J connectivity index is 2.07. The maximum atomic E-state index is 5.95. The van der Waals surface area contributed by atoms with Gasteiger partial charge in [0, 0.05) is 17.6 Å². The van der Waals surface area contributed by atoms with Crippen LogP contribution in [0.1, 0.15) is 63.6 Å². The highest BCUT2D eigenvalue weighted by Crippen LogP contribution is 2.34. The first-order valence-electron chi connectivity index (χ1n) is 8.06. The van der Waals surface area contributed by atoms with Gasteiger partial charge < -0.3 is 10.1 Å². The molecule has 0 amide bonds. The highest BCUT2D eigenvalue weighted by Gasteiger charge is 2.22. The van der Waals surface area contributed by atoms with Crippen molar-refractivity contribution in [2.24, 2.45) is 5.92 Å². The predicted molar refractivity (Wildman–Crippen MR) is 85.3 cm³/mol. The molecule has 0 aliphatic carbocycles. The summed E-state index contributed by atoms with van der Waals surface area (Å²) in [5.74, 6) is 1.89. The second kappa shape index (κ2) is 7.12. The first kappa shape index (κ1) is 15.4. The average molecular weight is 275 g/mol. The van der Waals surface area contributed by atoms with Crippen LogP contribution in [0, 0.1) is 12.8 Å². The summed E-state index contributed by atoms with van der Waals surface area (Å²) >= 11 is 0. The molecule has 1 aromatic rings. The third kappa shape index (κ3) is 3.99. The lowest BCUT2D eigenvalue weighted by molar-refractivity contribution is 0.312. The molecule has 0 fully saturated rings. The summed E-state index contributed by atoms with van der Waals surface area (Å²) in [5, 5.41) is 3.82. The van der Waals surface area contributed by atoms with Gasteiger partial charge in [0.2, 0.25) is 0 Å². The van der Waals surface area contributed by atoms with Crippen molar-refractivity contribution in [2.75, 3.05) is 6.61 Å². The number of ether oxygens (including phenoxy) is 1. The van der Waals surface area contributed by atoms with Crippen LogP contribution in [0.4, 0.5) is 0 Å². The standard InChI is InChI=1S/C18H29NO/c1-13(2)10-11-15(4)19-17-9-6-12-20-18-14(3)7-5-8-16(17)18/h5,7-8,13,15,17,19H,6,9-12H2,1-4H3. The van der Waals surface area contributed by atoms with Crippen molar-refractivity contribution in [3.05, 3.63) is 29.3 Å². The van der Waals surface area contributed by atoms with Gasteiger partial charge in [0.15, 0.2) is 0 Å². The molecule has 20 heavy (non-hydrogen) atoms. The van der Waals surface area contributed by atoms with Gasteiger partial charge in [-0.1, -0.05) is 32.0 Å². The molecule has 112 valence electrons. The Bertz CT molecular complexity index is 427. The number of para-hydroxylation sites is 1. The van der Waals surface area contributed by atoms with Crippen LogP contribution in [-0.4, -0.2) is 12.6 Å². The van der Waals surface area contributed by atoms with E-state index >= 15 is 0 Å². The highest BCUT2D eigenvalue weighted by molar-refractivity contribution is 5.43. The fraction of sp³-hybridized carbons (Fsp3) is 0.667. The fourth-order valence-electron chi connectivity index (χ4n) is 2.95. The van der Waals surface area contributed by atoms with E-state index in [0.717, 1.165) is 24.7 Å². The van der Waals surface area contributed by atoms with Crippen LogP contribution in [-0.2, 0) is 0 Å². The Labute approximate surface area is 123 Å². The number of nitrogens with one attached hydrogen (secondary N) is 1. The van der Waals surface area contributed by atoms with E-state index in [2.05, 4.69) is 51.2 Å². The van der Waals surface area contributed by atoms with Crippen LogP contribution in [0.5, 0.6) is 5.75 Å². The molecule has 0 saturated carbocycles. The number of hydrogen-bond donors (Lipinski definition) is 1. The first-order valence-corrected chi connectivity index (χ1v) is 8.06. The minimum absolute atomic E-state index is 0.439. The Kier molecular flexibility index (Phi) is 5.47. The van der Waals surface area contributed by atoms with Crippen molar-refractivity contribution in [1.29, 1.82) is 0 Å². The quantitative estimate of drug-likeness (QED) is 0.846. The Morgan fingerprint density at radius 3 is 2.80 bits per heavy atom. The molecule has 0 spiro atoms. The van der Waals surface area contributed by atoms with Gasteiger partial charge in [0.25, 0.3) is 0 Å². The van der Waals surface area contributed by atoms with Gasteiger partial charge in [-0.25, -0.2) is 0 Å². The molecule has 1 heterocycles. The minimum atomic E-state index is 0.439. The van der Waals surface area contributed by atoms with Gasteiger partial charge in [0.05, 0.1) is 6.61 Å². The van der Waals surface area contributed by atoms with Crippen molar-refractivity contribution in [2.45, 2.75) is 65.5 Å². The van der Waals surface area contributed by atoms with Crippen LogP contribution < -0.4 is 10.1 Å². The third-order valence-corrected chi connectivity index (χ3v) is 4.16. The van der Waals surface area contributed by atoms with Gasteiger partial charge in [-0.15, -0.1) is 0 Å². The molecule has 2 unspecified atom stereocenters. The fourth-order valence-corrected chi connectivity index (χ4v) is 2.95. The Morgan fingerprint density at radius 2 is 2.05 bits per heavy atom. The average Bonchev–Trinajstić information content (AvgIpc) is 2.60. The normalized spacial score (nSPS) is 20.1. The monoisotopic (exact) mass is 275 g/mol. The highest BCUT2D eigenvalue weighted by atomic mass is 16.5. The molecule has 2 atom stereocenters. The summed E-state index contributed by atoms with van der Waals surface area (Å²) < 4.78 is 5.95. The number of hydrogen-bond acceptors (Lipinski definition) is 2. The summed E-state index contributed by atoms with van der Waals surface area (Å²) in [7, 11) is 0. The van der Waals surface area contributed by atoms with E-state index in [-0.39, 0.29) is 0 Å². The second-order valence-corrected chi connectivity index (χ2v) is 6.58. The molecule has 1 aliphatic heterocycles. The van der Waals surface area contributed by atoms with Crippen LogP contribution >= 0.6 is 0 Å². The van der Waals surface area contributed by atoms with Crippen molar-refractivity contribution >= 4 is 0 Å². The van der Waals surface area contributed by atoms with Gasteiger partial charge in [-0.2, -0.15) is 0 Å². The van der Waals surface area contributed by atoms with E-state index in [0.29, 0.717) is 12.1 Å². The van der Waals surface area contributed by atoms with Gasteiger partial charge in [0.1, 0.15) is 5.75 Å². The van der Waals surface area contributed by atoms with Crippen molar-refractivity contribution in [1.82, 2.24) is 5.32 Å². The number of fused-ring (bicyclic) bond motifs is 1. The number of aryl methyl sites for hydroxylation is 1. The maximum Gasteiger partial charge on any atom is 0.126 e. The molecule has 0 saturated heterocycles. The molecule has 2 heteroatoms. The van der Waals surface area contributed by atoms with E-state index in [1.54, 1.807) is 0 Å². The van der Waals surface area contributed by atoms with Crippen LogP contribution in [0.3, 0.4) is 0 Å². The second-order valence-electron chi connectivity index (χ2n) is 6.58. The number of benzene rings is 1. The molecule has 2 nitrogen and oxygen atoms in total. The molecule has 1 aromatic carbocycles. The Morgan fingerprint density at radius 1 is 1.25 bits per heavy atom. The van der Waals surface area contributed by atoms with E-state index in [9.17, 15) is 0 Å². The van der Waals surface area contributed by atoms with Crippen molar-refractivity contribution in [3.63, 3.8) is 0 Å². The summed E-state index contributed by atoms with van der Waals surface area (Å²) in [6, 6.07) is 7.52. The Hall–Kier alpha value is -1.02. The molecule has 2 rings (SSSR count). The van der Waals surface area contributed by atoms with E-state index < -0.39 is 0 Å². The lowest BCUT2D eigenvalue weighted by Crippen LogP contribution is -2.30. The molecule has 1 aliphatic rings. The van der Waals surface area contributed by atoms with E-state index in [4.69, 9.17) is 4.74 Å². The predicted octanol–water partition coefficient (Wildman–Crippen LogP) is 4.62. The zero-order valence-electron chi connectivity index (χ0n) is 13.4. The smallest absolute Gasteiger partial charge is 0.126 e. The molecular weight excluding hydrogens is 246 g/mol. The molecule has 0 bridgehead atoms. The van der Waals surface area contributed by atoms with Crippen LogP contribution in [0.25, 0.3) is 0 Å². The molecule has 0 aromatic heterocycles. The zero-order chi connectivity index (χ0) is 14.5. The topological polar surface area (TPSA) is 21.3 Å². The van der Waals surface area contributed by atoms with Gasteiger partial charge in [-0.05, 0) is 51.0 Å². The third-order valence-electron chi connectivity index (χ3n) is 4.16. The van der Waals surface area contributed by atoms with Crippen LogP contribution in [0.15, 0.2) is 18.2 Å². The van der Waals surface area contributed by atoms with Crippen molar-refractivity contribution in [3.8, 4) is 5.75 Å². The molecule has 1 N–H and O–H groups in total. The van der Waals surface area contributed by atoms with E-state index in [1.807, 2.05) is 0 Å². The van der Waals surface area contributed by atoms with Gasteiger partial charge in [-0.3, -0.25) is 0 Å². The lowest BCUT2D eigenvalue weighted by atomic mass is 9.97. The largest absolute Gasteiger partial charge is 0.493 e. The van der Waals surface area contributed by atoms with Crippen molar-refractivity contribution < 1.29 is 4.74 Å². The lowest BCUT2D eigenvalue weighted by Gasteiger charge is -2.24. The first-order chi connectivity index (χ1) is 9.58. The molecular formula is C18H29NO. The summed E-state index contributed by atoms with van der Waals surface area (Å²) in [6.45, 7) is 9.89. The maximum absolute atomic E-state index is 5.95. The van der Waals surface area contributed by atoms with Gasteiger partial charge >= 0.3 is 0 Å². The van der Waals surface area contributed by atoms with Crippen LogP contribution in [0.2, 0.25) is 0 Å². The zero-order valence-corrected chi connectivity index (χ0v) is 13.4. The van der Waals surface area contributed by atoms with E-state index in [1.165, 1.54) is 30.4 Å². The summed E-state index contributed by atoms with van der Waals surface area (Å²) in [5.41, 5.74) is 2.60. The SMILES string of the molecule is Cc1cccc2c1OCCCC2NC(C)CCC(C)C. The summed E-state index contributed by atoms with van der Waals surface area (Å²) in [6.07, 6.45) is 4.83. The number of rotatable bonds is 5. The summed E-state index contributed by atoms with van der Waals surface area (Å²) in [4.78, 5) is 0. The minimum Gasteiger partial charge on any atom is -0.493 e.